The Kier molecular flexibility index (Phi) is 5.66. The first kappa shape index (κ1) is 20.1. The van der Waals surface area contributed by atoms with Crippen molar-refractivity contribution in [2.24, 2.45) is 5.16 Å². The number of benzene rings is 2. The van der Waals surface area contributed by atoms with E-state index in [4.69, 9.17) is 16.9 Å². The normalized spacial score (nSPS) is 11.4. The van der Waals surface area contributed by atoms with Crippen LogP contribution in [0, 0.1) is 11.3 Å². The molecule has 0 saturated heterocycles. The average Bonchev–Trinajstić information content (AvgIpc) is 3.15. The van der Waals surface area contributed by atoms with Gasteiger partial charge in [0.2, 0.25) is 0 Å². The maximum atomic E-state index is 13.6. The summed E-state index contributed by atoms with van der Waals surface area (Å²) in [5.41, 5.74) is -1.10. The van der Waals surface area contributed by atoms with Gasteiger partial charge in [-0.2, -0.15) is 23.5 Å². The summed E-state index contributed by atoms with van der Waals surface area (Å²) >= 11 is 5.75. The number of alkyl halides is 3. The van der Waals surface area contributed by atoms with Gasteiger partial charge >= 0.3 is 12.1 Å². The Morgan fingerprint density at radius 3 is 2.41 bits per heavy atom. The molecule has 2 aromatic carbocycles. The quantitative estimate of drug-likeness (QED) is 0.352. The van der Waals surface area contributed by atoms with E-state index in [0.29, 0.717) is 20.8 Å². The first-order valence-corrected chi connectivity index (χ1v) is 8.33. The Balaban J connectivity index is 1.85. The van der Waals surface area contributed by atoms with Crippen LogP contribution in [0.3, 0.4) is 0 Å². The smallest absolute Gasteiger partial charge is 0.313 e. The first-order valence-electron chi connectivity index (χ1n) is 7.95. The standard InChI is InChI=1S/C19H10ClF3N4O2/c20-14-5-7-15(8-6-14)27-17(19(21,22)23)16(11-25-27)18(28)29-26-10-13-3-1-12(9-24)2-4-13/h1-8,10-11H/b26-10-. The van der Waals surface area contributed by atoms with Crippen LogP contribution in [0.2, 0.25) is 5.02 Å². The SMILES string of the molecule is N#Cc1ccc(/C=N\OC(=O)c2cnn(-c3ccc(Cl)cc3)c2C(F)(F)F)cc1. The number of oxime groups is 1. The highest BCUT2D eigenvalue weighted by molar-refractivity contribution is 6.30. The van der Waals surface area contributed by atoms with Gasteiger partial charge in [-0.1, -0.05) is 28.9 Å². The van der Waals surface area contributed by atoms with E-state index in [1.807, 2.05) is 6.07 Å². The number of hydrogen-bond acceptors (Lipinski definition) is 5. The van der Waals surface area contributed by atoms with Gasteiger partial charge in [0.15, 0.2) is 5.69 Å². The van der Waals surface area contributed by atoms with E-state index in [2.05, 4.69) is 15.1 Å². The summed E-state index contributed by atoms with van der Waals surface area (Å²) in [6, 6.07) is 13.5. The molecule has 0 bridgehead atoms. The predicted molar refractivity (Wildman–Crippen MR) is 97.7 cm³/mol. The van der Waals surface area contributed by atoms with Crippen LogP contribution in [0.4, 0.5) is 13.2 Å². The lowest BCUT2D eigenvalue weighted by Crippen LogP contribution is -2.18. The number of carbonyl (C=O) groups excluding carboxylic acids is 1. The minimum Gasteiger partial charge on any atom is -0.313 e. The summed E-state index contributed by atoms with van der Waals surface area (Å²) in [6.07, 6.45) is -2.98. The maximum Gasteiger partial charge on any atom is 0.434 e. The van der Waals surface area contributed by atoms with Crippen LogP contribution in [0.15, 0.2) is 59.9 Å². The Morgan fingerprint density at radius 1 is 1.17 bits per heavy atom. The molecule has 0 fully saturated rings. The summed E-state index contributed by atoms with van der Waals surface area (Å²) in [6.45, 7) is 0. The second-order valence-electron chi connectivity index (χ2n) is 5.64. The van der Waals surface area contributed by atoms with Crippen molar-refractivity contribution in [3.8, 4) is 11.8 Å². The monoisotopic (exact) mass is 418 g/mol. The fourth-order valence-electron chi connectivity index (χ4n) is 2.38. The summed E-state index contributed by atoms with van der Waals surface area (Å²) in [5.74, 6) is -1.32. The number of aromatic nitrogens is 2. The number of rotatable bonds is 4. The lowest BCUT2D eigenvalue weighted by Gasteiger charge is -2.11. The fourth-order valence-corrected chi connectivity index (χ4v) is 2.50. The van der Waals surface area contributed by atoms with Crippen LogP contribution in [-0.4, -0.2) is 22.0 Å². The molecule has 0 atom stereocenters. The van der Waals surface area contributed by atoms with Crippen molar-refractivity contribution >= 4 is 23.8 Å². The van der Waals surface area contributed by atoms with Gasteiger partial charge in [0, 0.05) is 5.02 Å². The molecule has 0 saturated carbocycles. The minimum atomic E-state index is -4.87. The average molecular weight is 419 g/mol. The van der Waals surface area contributed by atoms with Crippen molar-refractivity contribution < 1.29 is 22.8 Å². The summed E-state index contributed by atoms with van der Waals surface area (Å²) in [7, 11) is 0. The third-order valence-electron chi connectivity index (χ3n) is 3.71. The van der Waals surface area contributed by atoms with Gasteiger partial charge in [-0.05, 0) is 42.0 Å². The van der Waals surface area contributed by atoms with Crippen LogP contribution in [0.25, 0.3) is 5.69 Å². The molecule has 0 aliphatic heterocycles. The fraction of sp³-hybridized carbons (Fsp3) is 0.0526. The van der Waals surface area contributed by atoms with Crippen molar-refractivity contribution in [1.29, 1.82) is 5.26 Å². The highest BCUT2D eigenvalue weighted by Crippen LogP contribution is 2.34. The Bertz CT molecular complexity index is 1100. The Labute approximate surface area is 167 Å². The third-order valence-corrected chi connectivity index (χ3v) is 3.96. The summed E-state index contributed by atoms with van der Waals surface area (Å²) in [5, 5.41) is 16.1. The summed E-state index contributed by atoms with van der Waals surface area (Å²) < 4.78 is 41.3. The van der Waals surface area contributed by atoms with Crippen molar-refractivity contribution in [1.82, 2.24) is 9.78 Å². The second kappa shape index (κ2) is 8.16. The molecule has 146 valence electrons. The molecular formula is C19H10ClF3N4O2. The number of hydrogen-bond donors (Lipinski definition) is 0. The molecule has 0 N–H and O–H groups in total. The van der Waals surface area contributed by atoms with E-state index in [-0.39, 0.29) is 5.69 Å². The number of nitrogens with zero attached hydrogens (tertiary/aromatic N) is 4. The van der Waals surface area contributed by atoms with Crippen LogP contribution < -0.4 is 0 Å². The van der Waals surface area contributed by atoms with Gasteiger partial charge < -0.3 is 4.84 Å². The minimum absolute atomic E-state index is 0.0712. The molecule has 1 aromatic heterocycles. The van der Waals surface area contributed by atoms with Gasteiger partial charge in [-0.25, -0.2) is 9.48 Å². The topological polar surface area (TPSA) is 80.3 Å². The summed E-state index contributed by atoms with van der Waals surface area (Å²) in [4.78, 5) is 16.7. The zero-order valence-electron chi connectivity index (χ0n) is 14.4. The van der Waals surface area contributed by atoms with E-state index in [1.54, 1.807) is 0 Å². The van der Waals surface area contributed by atoms with Gasteiger partial charge in [0.1, 0.15) is 5.56 Å². The van der Waals surface area contributed by atoms with Gasteiger partial charge in [0.25, 0.3) is 0 Å². The second-order valence-corrected chi connectivity index (χ2v) is 6.08. The van der Waals surface area contributed by atoms with Crippen LogP contribution in [0.5, 0.6) is 0 Å². The Hall–Kier alpha value is -3.64. The van der Waals surface area contributed by atoms with E-state index < -0.39 is 23.4 Å². The number of halogens is 4. The number of carbonyl (C=O) groups is 1. The lowest BCUT2D eigenvalue weighted by molar-refractivity contribution is -0.143. The molecule has 0 amide bonds. The molecule has 29 heavy (non-hydrogen) atoms. The largest absolute Gasteiger partial charge is 0.434 e. The van der Waals surface area contributed by atoms with Gasteiger partial charge in [-0.15, -0.1) is 0 Å². The highest BCUT2D eigenvalue weighted by atomic mass is 35.5. The van der Waals surface area contributed by atoms with Crippen LogP contribution >= 0.6 is 11.6 Å². The highest BCUT2D eigenvalue weighted by Gasteiger charge is 2.41. The molecule has 0 aliphatic rings. The van der Waals surface area contributed by atoms with Gasteiger partial charge in [0.05, 0.1) is 29.7 Å². The molecule has 10 heteroatoms. The molecule has 6 nitrogen and oxygen atoms in total. The predicted octanol–water partition coefficient (Wildman–Crippen LogP) is 4.61. The molecule has 0 aliphatic carbocycles. The Morgan fingerprint density at radius 2 is 1.83 bits per heavy atom. The molecule has 0 spiro atoms. The molecule has 3 aromatic rings. The molecule has 1 heterocycles. The van der Waals surface area contributed by atoms with Crippen molar-refractivity contribution in [3.05, 3.63) is 82.1 Å². The van der Waals surface area contributed by atoms with Crippen molar-refractivity contribution in [2.75, 3.05) is 0 Å². The van der Waals surface area contributed by atoms with Crippen LogP contribution in [0.1, 0.15) is 27.2 Å². The van der Waals surface area contributed by atoms with Crippen molar-refractivity contribution in [2.45, 2.75) is 6.18 Å². The maximum absolute atomic E-state index is 13.6. The van der Waals surface area contributed by atoms with E-state index in [0.717, 1.165) is 12.4 Å². The lowest BCUT2D eigenvalue weighted by atomic mass is 10.2. The molecule has 3 rings (SSSR count). The zero-order chi connectivity index (χ0) is 21.0. The van der Waals surface area contributed by atoms with E-state index >= 15 is 0 Å². The van der Waals surface area contributed by atoms with E-state index in [9.17, 15) is 18.0 Å². The van der Waals surface area contributed by atoms with Crippen LogP contribution in [-0.2, 0) is 11.0 Å². The third kappa shape index (κ3) is 4.62. The molecule has 0 radical (unpaired) electrons. The molecule has 0 unspecified atom stereocenters. The van der Waals surface area contributed by atoms with Crippen molar-refractivity contribution in [3.63, 3.8) is 0 Å². The van der Waals surface area contributed by atoms with Gasteiger partial charge in [-0.3, -0.25) is 0 Å². The zero-order valence-corrected chi connectivity index (χ0v) is 15.1. The molecular weight excluding hydrogens is 409 g/mol. The van der Waals surface area contributed by atoms with E-state index in [1.165, 1.54) is 48.5 Å². The number of nitriles is 1. The first-order chi connectivity index (χ1) is 13.8.